The van der Waals surface area contributed by atoms with Gasteiger partial charge in [0, 0.05) is 13.3 Å². The number of hydrogen-bond donors (Lipinski definition) is 3. The molecule has 0 heterocycles. The first-order valence-corrected chi connectivity index (χ1v) is 8.04. The number of benzene rings is 2. The Hall–Kier alpha value is -2.60. The van der Waals surface area contributed by atoms with E-state index in [0.717, 1.165) is 0 Å². The molecule has 0 spiro atoms. The van der Waals surface area contributed by atoms with Crippen LogP contribution in [0, 0.1) is 0 Å². The molecule has 0 fully saturated rings. The molecule has 0 saturated carbocycles. The van der Waals surface area contributed by atoms with Gasteiger partial charge in [0.1, 0.15) is 17.6 Å². The lowest BCUT2D eigenvalue weighted by Crippen LogP contribution is -2.45. The van der Waals surface area contributed by atoms with Crippen molar-refractivity contribution >= 4 is 22.5 Å². The van der Waals surface area contributed by atoms with Gasteiger partial charge in [0.2, 0.25) is 0 Å². The molecule has 1 aliphatic carbocycles. The number of phenolic OH excluding ortho intramolecular Hbond substituents is 2. The molecule has 0 saturated heterocycles. The van der Waals surface area contributed by atoms with Gasteiger partial charge < -0.3 is 20.1 Å². The van der Waals surface area contributed by atoms with Gasteiger partial charge in [0.25, 0.3) is 0 Å². The number of carbonyl (C=O) groups excluding carboxylic acids is 2. The molecule has 0 amide bonds. The zero-order valence-electron chi connectivity index (χ0n) is 14.2. The van der Waals surface area contributed by atoms with E-state index in [9.17, 15) is 24.9 Å². The third-order valence-electron chi connectivity index (χ3n) is 4.77. The molecule has 0 aliphatic heterocycles. The molecule has 6 nitrogen and oxygen atoms in total. The summed E-state index contributed by atoms with van der Waals surface area (Å²) in [6.45, 7) is 4.43. The van der Waals surface area contributed by atoms with Crippen LogP contribution in [0.5, 0.6) is 11.5 Å². The van der Waals surface area contributed by atoms with E-state index in [1.807, 2.05) is 0 Å². The molecular formula is C19H20O6. The van der Waals surface area contributed by atoms with Gasteiger partial charge in [-0.2, -0.15) is 0 Å². The highest BCUT2D eigenvalue weighted by Gasteiger charge is 2.47. The number of carbonyl (C=O) groups is 2. The molecule has 3 rings (SSSR count). The molecule has 3 atom stereocenters. The number of hydrogen-bond acceptors (Lipinski definition) is 6. The molecule has 2 aromatic rings. The van der Waals surface area contributed by atoms with Crippen molar-refractivity contribution in [3.63, 3.8) is 0 Å². The highest BCUT2D eigenvalue weighted by Crippen LogP contribution is 2.48. The Morgan fingerprint density at radius 3 is 2.68 bits per heavy atom. The van der Waals surface area contributed by atoms with Crippen molar-refractivity contribution in [3.05, 3.63) is 35.4 Å². The number of ketones is 1. The summed E-state index contributed by atoms with van der Waals surface area (Å²) in [5.41, 5.74) is -0.967. The number of aromatic hydroxyl groups is 2. The predicted molar refractivity (Wildman–Crippen MR) is 90.8 cm³/mol. The molecule has 3 N–H and O–H groups in total. The topological polar surface area (TPSA) is 104 Å². The molecule has 0 radical (unpaired) electrons. The van der Waals surface area contributed by atoms with Crippen molar-refractivity contribution in [2.75, 3.05) is 0 Å². The third kappa shape index (κ3) is 2.72. The highest BCUT2D eigenvalue weighted by molar-refractivity contribution is 6.09. The summed E-state index contributed by atoms with van der Waals surface area (Å²) in [6, 6.07) is 6.39. The minimum absolute atomic E-state index is 0.0597. The van der Waals surface area contributed by atoms with Crippen molar-refractivity contribution in [3.8, 4) is 11.5 Å². The van der Waals surface area contributed by atoms with Gasteiger partial charge in [-0.3, -0.25) is 9.59 Å². The Bertz CT molecular complexity index is 883. The maximum atomic E-state index is 12.6. The van der Waals surface area contributed by atoms with E-state index in [1.54, 1.807) is 25.1 Å². The second kappa shape index (κ2) is 5.74. The number of phenols is 2. The van der Waals surface area contributed by atoms with Crippen molar-refractivity contribution in [2.45, 2.75) is 44.8 Å². The number of ether oxygens (including phenoxy) is 1. The molecule has 6 heteroatoms. The van der Waals surface area contributed by atoms with Crippen LogP contribution in [0.1, 0.15) is 49.0 Å². The first-order valence-electron chi connectivity index (χ1n) is 8.04. The SMILES string of the molecule is CC(=O)O[C@H](C)[C@@H]1c2cc3cccc(O)c3c(O)c2C(=O)C[C@]1(C)O. The summed E-state index contributed by atoms with van der Waals surface area (Å²) in [4.78, 5) is 23.9. The average molecular weight is 344 g/mol. The van der Waals surface area contributed by atoms with Crippen molar-refractivity contribution in [2.24, 2.45) is 0 Å². The number of Topliss-reactive ketones (excluding diaryl/α,β-unsaturated/α-hetero) is 1. The van der Waals surface area contributed by atoms with E-state index in [1.165, 1.54) is 19.9 Å². The zero-order valence-corrected chi connectivity index (χ0v) is 14.2. The van der Waals surface area contributed by atoms with Crippen LogP contribution in [-0.2, 0) is 9.53 Å². The molecule has 2 aromatic carbocycles. The van der Waals surface area contributed by atoms with Gasteiger partial charge in [0.05, 0.1) is 22.5 Å². The van der Waals surface area contributed by atoms with E-state index in [2.05, 4.69) is 0 Å². The minimum atomic E-state index is -1.43. The fourth-order valence-electron chi connectivity index (χ4n) is 3.92. The smallest absolute Gasteiger partial charge is 0.302 e. The van der Waals surface area contributed by atoms with Crippen LogP contribution in [0.15, 0.2) is 24.3 Å². The standard InChI is InChI=1S/C19H20O6/c1-9(25-10(2)20)17-12-7-11-5-4-6-13(21)15(11)18(23)16(12)14(22)8-19(17,3)24/h4-7,9,17,21,23-24H,8H2,1-3H3/t9-,17-,19+/m1/s1. The van der Waals surface area contributed by atoms with Gasteiger partial charge in [-0.05, 0) is 36.9 Å². The Labute approximate surface area is 144 Å². The highest BCUT2D eigenvalue weighted by atomic mass is 16.5. The van der Waals surface area contributed by atoms with Crippen LogP contribution in [0.2, 0.25) is 0 Å². The maximum absolute atomic E-state index is 12.6. The number of aliphatic hydroxyl groups is 1. The fraction of sp³-hybridized carbons (Fsp3) is 0.368. The van der Waals surface area contributed by atoms with E-state index < -0.39 is 29.4 Å². The van der Waals surface area contributed by atoms with E-state index in [0.29, 0.717) is 10.9 Å². The molecule has 25 heavy (non-hydrogen) atoms. The molecule has 0 bridgehead atoms. The number of esters is 1. The van der Waals surface area contributed by atoms with Gasteiger partial charge in [-0.1, -0.05) is 12.1 Å². The van der Waals surface area contributed by atoms with Crippen LogP contribution in [-0.4, -0.2) is 38.8 Å². The fourth-order valence-corrected chi connectivity index (χ4v) is 3.92. The van der Waals surface area contributed by atoms with Crippen LogP contribution in [0.3, 0.4) is 0 Å². The molecule has 132 valence electrons. The second-order valence-electron chi connectivity index (χ2n) is 6.81. The lowest BCUT2D eigenvalue weighted by atomic mass is 9.69. The number of rotatable bonds is 2. The summed E-state index contributed by atoms with van der Waals surface area (Å²) in [5, 5.41) is 32.2. The molecule has 0 aromatic heterocycles. The zero-order chi connectivity index (χ0) is 18.5. The number of fused-ring (bicyclic) bond motifs is 2. The van der Waals surface area contributed by atoms with Crippen LogP contribution >= 0.6 is 0 Å². The minimum Gasteiger partial charge on any atom is -0.507 e. The Morgan fingerprint density at radius 1 is 1.36 bits per heavy atom. The third-order valence-corrected chi connectivity index (χ3v) is 4.77. The summed E-state index contributed by atoms with van der Waals surface area (Å²) >= 11 is 0. The summed E-state index contributed by atoms with van der Waals surface area (Å²) < 4.78 is 5.25. The van der Waals surface area contributed by atoms with E-state index >= 15 is 0 Å². The summed E-state index contributed by atoms with van der Waals surface area (Å²) in [6.07, 6.45) is -0.920. The predicted octanol–water partition coefficient (Wildman–Crippen LogP) is 2.62. The van der Waals surface area contributed by atoms with Crippen LogP contribution < -0.4 is 0 Å². The summed E-state index contributed by atoms with van der Waals surface area (Å²) in [7, 11) is 0. The molecular weight excluding hydrogens is 324 g/mol. The van der Waals surface area contributed by atoms with E-state index in [-0.39, 0.29) is 28.9 Å². The maximum Gasteiger partial charge on any atom is 0.302 e. The molecule has 0 unspecified atom stereocenters. The first-order chi connectivity index (χ1) is 11.6. The Morgan fingerprint density at radius 2 is 2.04 bits per heavy atom. The Balaban J connectivity index is 2.31. The molecule has 1 aliphatic rings. The first kappa shape index (κ1) is 17.2. The monoisotopic (exact) mass is 344 g/mol. The van der Waals surface area contributed by atoms with Crippen molar-refractivity contribution in [1.29, 1.82) is 0 Å². The van der Waals surface area contributed by atoms with Gasteiger partial charge in [-0.15, -0.1) is 0 Å². The average Bonchev–Trinajstić information content (AvgIpc) is 2.44. The quantitative estimate of drug-likeness (QED) is 0.724. The van der Waals surface area contributed by atoms with Crippen LogP contribution in [0.4, 0.5) is 0 Å². The van der Waals surface area contributed by atoms with Gasteiger partial charge in [-0.25, -0.2) is 0 Å². The van der Waals surface area contributed by atoms with Crippen molar-refractivity contribution < 1.29 is 29.6 Å². The van der Waals surface area contributed by atoms with Crippen LogP contribution in [0.25, 0.3) is 10.8 Å². The lowest BCUT2D eigenvalue weighted by Gasteiger charge is -2.40. The largest absolute Gasteiger partial charge is 0.507 e. The van der Waals surface area contributed by atoms with Gasteiger partial charge in [0.15, 0.2) is 5.78 Å². The second-order valence-corrected chi connectivity index (χ2v) is 6.81. The lowest BCUT2D eigenvalue weighted by molar-refractivity contribution is -0.149. The van der Waals surface area contributed by atoms with Gasteiger partial charge >= 0.3 is 5.97 Å². The summed E-state index contributed by atoms with van der Waals surface area (Å²) in [5.74, 6) is -2.06. The Kier molecular flexibility index (Phi) is 3.95. The van der Waals surface area contributed by atoms with Crippen molar-refractivity contribution in [1.82, 2.24) is 0 Å². The normalized spacial score (nSPS) is 24.0. The van der Waals surface area contributed by atoms with E-state index in [4.69, 9.17) is 4.74 Å².